The van der Waals surface area contributed by atoms with E-state index in [1.165, 1.54) is 0 Å². The van der Waals surface area contributed by atoms with Gasteiger partial charge in [-0.3, -0.25) is 10.2 Å². The van der Waals surface area contributed by atoms with Crippen molar-refractivity contribution < 1.29 is 9.53 Å². The zero-order chi connectivity index (χ0) is 14.5. The first-order valence-electron chi connectivity index (χ1n) is 5.78. The number of hydrogen-bond donors (Lipinski definition) is 2. The zero-order valence-corrected chi connectivity index (χ0v) is 12.7. The summed E-state index contributed by atoms with van der Waals surface area (Å²) in [6.45, 7) is 0.362. The molecule has 2 rings (SSSR count). The molecule has 0 heterocycles. The number of hydrazine groups is 1. The van der Waals surface area contributed by atoms with Gasteiger partial charge in [-0.05, 0) is 35.9 Å². The number of amides is 1. The van der Waals surface area contributed by atoms with Gasteiger partial charge in [0.15, 0.2) is 0 Å². The zero-order valence-electron chi connectivity index (χ0n) is 10.4. The largest absolute Gasteiger partial charge is 0.487 e. The SMILES string of the molecule is NNC(=O)c1ccc(COc2cc(Br)ccc2Cl)cc1. The predicted octanol–water partition coefficient (Wildman–Crippen LogP) is 3.29. The van der Waals surface area contributed by atoms with Gasteiger partial charge >= 0.3 is 0 Å². The number of nitrogens with one attached hydrogen (secondary N) is 1. The van der Waals surface area contributed by atoms with Gasteiger partial charge in [-0.25, -0.2) is 5.84 Å². The number of carbonyl (C=O) groups excluding carboxylic acids is 1. The van der Waals surface area contributed by atoms with Gasteiger partial charge in [0.05, 0.1) is 5.02 Å². The molecule has 1 amide bonds. The summed E-state index contributed by atoms with van der Waals surface area (Å²) in [5, 5.41) is 0.548. The second-order valence-corrected chi connectivity index (χ2v) is 5.36. The third-order valence-electron chi connectivity index (χ3n) is 2.63. The monoisotopic (exact) mass is 354 g/mol. The molecule has 4 nitrogen and oxygen atoms in total. The molecule has 6 heteroatoms. The van der Waals surface area contributed by atoms with Crippen LogP contribution in [-0.4, -0.2) is 5.91 Å². The molecule has 3 N–H and O–H groups in total. The lowest BCUT2D eigenvalue weighted by Crippen LogP contribution is -2.29. The van der Waals surface area contributed by atoms with Gasteiger partial charge in [-0.1, -0.05) is 39.7 Å². The van der Waals surface area contributed by atoms with Crippen LogP contribution in [0, 0.1) is 0 Å². The Morgan fingerprint density at radius 2 is 1.95 bits per heavy atom. The summed E-state index contributed by atoms with van der Waals surface area (Å²) in [4.78, 5) is 11.3. The first kappa shape index (κ1) is 14.8. The molecule has 0 unspecified atom stereocenters. The van der Waals surface area contributed by atoms with E-state index in [9.17, 15) is 4.79 Å². The van der Waals surface area contributed by atoms with Crippen molar-refractivity contribution in [3.8, 4) is 5.75 Å². The Balaban J connectivity index is 2.04. The first-order valence-corrected chi connectivity index (χ1v) is 6.95. The fraction of sp³-hybridized carbons (Fsp3) is 0.0714. The highest BCUT2D eigenvalue weighted by Gasteiger charge is 2.05. The number of rotatable bonds is 4. The molecule has 0 aromatic heterocycles. The molecular formula is C14H12BrClN2O2. The first-order chi connectivity index (χ1) is 9.60. The van der Waals surface area contributed by atoms with Gasteiger partial charge in [-0.2, -0.15) is 0 Å². The molecule has 0 atom stereocenters. The second kappa shape index (κ2) is 6.74. The minimum absolute atomic E-state index is 0.326. The van der Waals surface area contributed by atoms with E-state index in [1.807, 2.05) is 6.07 Å². The molecule has 2 aromatic rings. The van der Waals surface area contributed by atoms with Crippen molar-refractivity contribution in [2.75, 3.05) is 0 Å². The molecule has 0 saturated heterocycles. The third-order valence-corrected chi connectivity index (χ3v) is 3.44. The van der Waals surface area contributed by atoms with E-state index in [1.54, 1.807) is 36.4 Å². The summed E-state index contributed by atoms with van der Waals surface area (Å²) < 4.78 is 6.54. The van der Waals surface area contributed by atoms with Crippen LogP contribution in [0.25, 0.3) is 0 Å². The van der Waals surface area contributed by atoms with Crippen LogP contribution in [0.3, 0.4) is 0 Å². The molecule has 0 fully saturated rings. The van der Waals surface area contributed by atoms with Crippen LogP contribution in [0.4, 0.5) is 0 Å². The number of nitrogen functional groups attached to an aromatic ring is 1. The Morgan fingerprint density at radius 3 is 2.60 bits per heavy atom. The van der Waals surface area contributed by atoms with Crippen molar-refractivity contribution in [1.29, 1.82) is 0 Å². The highest BCUT2D eigenvalue weighted by Crippen LogP contribution is 2.28. The quantitative estimate of drug-likeness (QED) is 0.502. The number of halogens is 2. The van der Waals surface area contributed by atoms with Gasteiger partial charge in [0, 0.05) is 10.0 Å². The molecule has 0 aliphatic heterocycles. The average Bonchev–Trinajstić information content (AvgIpc) is 2.48. The minimum Gasteiger partial charge on any atom is -0.487 e. The van der Waals surface area contributed by atoms with E-state index >= 15 is 0 Å². The average molecular weight is 356 g/mol. The van der Waals surface area contributed by atoms with E-state index in [4.69, 9.17) is 22.2 Å². The number of ether oxygens (including phenoxy) is 1. The molecule has 104 valence electrons. The second-order valence-electron chi connectivity index (χ2n) is 4.03. The predicted molar refractivity (Wildman–Crippen MR) is 81.6 cm³/mol. The van der Waals surface area contributed by atoms with Crippen LogP contribution >= 0.6 is 27.5 Å². The normalized spacial score (nSPS) is 10.2. The summed E-state index contributed by atoms with van der Waals surface area (Å²) in [6, 6.07) is 12.4. The van der Waals surface area contributed by atoms with Crippen molar-refractivity contribution in [1.82, 2.24) is 5.43 Å². The third kappa shape index (κ3) is 3.72. The van der Waals surface area contributed by atoms with E-state index in [2.05, 4.69) is 21.4 Å². The van der Waals surface area contributed by atoms with Crippen LogP contribution in [0.1, 0.15) is 15.9 Å². The molecular weight excluding hydrogens is 344 g/mol. The maximum atomic E-state index is 11.3. The van der Waals surface area contributed by atoms with E-state index in [-0.39, 0.29) is 5.91 Å². The number of carbonyl (C=O) groups is 1. The van der Waals surface area contributed by atoms with Gasteiger partial charge in [0.1, 0.15) is 12.4 Å². The Hall–Kier alpha value is -1.56. The van der Waals surface area contributed by atoms with Crippen molar-refractivity contribution in [2.45, 2.75) is 6.61 Å². The maximum absolute atomic E-state index is 11.3. The fourth-order valence-corrected chi connectivity index (χ4v) is 2.10. The smallest absolute Gasteiger partial charge is 0.265 e. The van der Waals surface area contributed by atoms with Crippen LogP contribution in [0.5, 0.6) is 5.75 Å². The number of hydrogen-bond acceptors (Lipinski definition) is 3. The highest BCUT2D eigenvalue weighted by molar-refractivity contribution is 9.10. The van der Waals surface area contributed by atoms with E-state index in [0.29, 0.717) is 22.9 Å². The van der Waals surface area contributed by atoms with Crippen molar-refractivity contribution in [3.05, 3.63) is 63.1 Å². The number of benzene rings is 2. The summed E-state index contributed by atoms with van der Waals surface area (Å²) >= 11 is 9.40. The fourth-order valence-electron chi connectivity index (χ4n) is 1.58. The molecule has 0 aliphatic carbocycles. The molecule has 0 saturated carbocycles. The van der Waals surface area contributed by atoms with Crippen LogP contribution in [0.2, 0.25) is 5.02 Å². The van der Waals surface area contributed by atoms with Gasteiger partial charge in [0.2, 0.25) is 0 Å². The summed E-state index contributed by atoms with van der Waals surface area (Å²) in [5.74, 6) is 5.34. The van der Waals surface area contributed by atoms with Crippen LogP contribution in [-0.2, 0) is 6.61 Å². The summed E-state index contributed by atoms with van der Waals surface area (Å²) in [5.41, 5.74) is 3.50. The summed E-state index contributed by atoms with van der Waals surface area (Å²) in [7, 11) is 0. The van der Waals surface area contributed by atoms with Crippen molar-refractivity contribution in [2.24, 2.45) is 5.84 Å². The summed E-state index contributed by atoms with van der Waals surface area (Å²) in [6.07, 6.45) is 0. The Morgan fingerprint density at radius 1 is 1.25 bits per heavy atom. The number of nitrogens with two attached hydrogens (primary N) is 1. The lowest BCUT2D eigenvalue weighted by atomic mass is 10.1. The molecule has 0 bridgehead atoms. The Kier molecular flexibility index (Phi) is 5.00. The van der Waals surface area contributed by atoms with Crippen molar-refractivity contribution in [3.63, 3.8) is 0 Å². The van der Waals surface area contributed by atoms with Crippen molar-refractivity contribution >= 4 is 33.4 Å². The molecule has 20 heavy (non-hydrogen) atoms. The van der Waals surface area contributed by atoms with Crippen LogP contribution in [0.15, 0.2) is 46.9 Å². The van der Waals surface area contributed by atoms with Gasteiger partial charge in [-0.15, -0.1) is 0 Å². The van der Waals surface area contributed by atoms with E-state index in [0.717, 1.165) is 10.0 Å². The van der Waals surface area contributed by atoms with Crippen LogP contribution < -0.4 is 16.0 Å². The van der Waals surface area contributed by atoms with Gasteiger partial charge < -0.3 is 4.74 Å². The molecule has 0 spiro atoms. The highest BCUT2D eigenvalue weighted by atomic mass is 79.9. The minimum atomic E-state index is -0.326. The lowest BCUT2D eigenvalue weighted by Gasteiger charge is -2.09. The molecule has 0 aliphatic rings. The standard InChI is InChI=1S/C14H12BrClN2O2/c15-11-5-6-12(16)13(7-11)20-8-9-1-3-10(4-2-9)14(19)18-17/h1-7H,8,17H2,(H,18,19). The topological polar surface area (TPSA) is 64.3 Å². The lowest BCUT2D eigenvalue weighted by molar-refractivity contribution is 0.0953. The Bertz CT molecular complexity index is 617. The van der Waals surface area contributed by atoms with E-state index < -0.39 is 0 Å². The molecule has 2 aromatic carbocycles. The molecule has 0 radical (unpaired) electrons. The maximum Gasteiger partial charge on any atom is 0.265 e. The van der Waals surface area contributed by atoms with Gasteiger partial charge in [0.25, 0.3) is 5.91 Å². The Labute approximate surface area is 130 Å².